The number of hydrogen-bond donors (Lipinski definition) is 3. The fraction of sp³-hybridized carbons (Fsp3) is 0.429. The largest absolute Gasteiger partial charge is 0.465 e. The van der Waals surface area contributed by atoms with Gasteiger partial charge in [0.1, 0.15) is 18.2 Å². The van der Waals surface area contributed by atoms with Gasteiger partial charge in [0.2, 0.25) is 0 Å². The quantitative estimate of drug-likeness (QED) is 0.192. The molecule has 0 aliphatic rings. The van der Waals surface area contributed by atoms with Crippen LogP contribution in [0, 0.1) is 0 Å². The Morgan fingerprint density at radius 2 is 2.06 bits per heavy atom. The molecular formula is C21H28N6O6P+. The third-order valence-corrected chi connectivity index (χ3v) is 6.11. The number of carbonyl (C=O) groups excluding carboxylic acids is 1. The summed E-state index contributed by atoms with van der Waals surface area (Å²) in [5, 5.41) is 2.77. The highest BCUT2D eigenvalue weighted by Gasteiger charge is 2.25. The lowest BCUT2D eigenvalue weighted by Gasteiger charge is -2.08. The van der Waals surface area contributed by atoms with E-state index in [2.05, 4.69) is 20.0 Å². The average Bonchev–Trinajstić information content (AvgIpc) is 3.10. The highest BCUT2D eigenvalue weighted by atomic mass is 31.1. The van der Waals surface area contributed by atoms with Gasteiger partial charge < -0.3 is 24.9 Å². The maximum absolute atomic E-state index is 12.6. The lowest BCUT2D eigenvalue weighted by molar-refractivity contribution is -0.144. The number of anilines is 1. The normalized spacial score (nSPS) is 12.5. The van der Waals surface area contributed by atoms with Gasteiger partial charge in [0.05, 0.1) is 19.8 Å². The van der Waals surface area contributed by atoms with E-state index in [0.29, 0.717) is 17.8 Å². The number of ether oxygens (including phenoxy) is 3. The molecular weight excluding hydrogens is 463 g/mol. The Morgan fingerprint density at radius 3 is 2.79 bits per heavy atom. The monoisotopic (exact) mass is 491 g/mol. The fourth-order valence-electron chi connectivity index (χ4n) is 3.21. The van der Waals surface area contributed by atoms with E-state index in [4.69, 9.17) is 19.9 Å². The summed E-state index contributed by atoms with van der Waals surface area (Å²) in [5.41, 5.74) is 7.79. The highest BCUT2D eigenvalue weighted by Crippen LogP contribution is 2.24. The van der Waals surface area contributed by atoms with Crippen LogP contribution in [0.2, 0.25) is 0 Å². The van der Waals surface area contributed by atoms with Gasteiger partial charge >= 0.3 is 25.6 Å². The molecule has 0 spiro atoms. The number of nitrogens with one attached hydrogen (secondary N) is 2. The molecule has 12 nitrogen and oxygen atoms in total. The number of imidazole rings is 1. The van der Waals surface area contributed by atoms with E-state index in [-0.39, 0.29) is 37.7 Å². The van der Waals surface area contributed by atoms with E-state index in [1.165, 1.54) is 4.57 Å². The van der Waals surface area contributed by atoms with Crippen molar-refractivity contribution in [2.45, 2.75) is 32.6 Å². The lowest BCUT2D eigenvalue weighted by atomic mass is 10.1. The van der Waals surface area contributed by atoms with Crippen molar-refractivity contribution >= 4 is 30.9 Å². The van der Waals surface area contributed by atoms with Crippen LogP contribution in [0.1, 0.15) is 25.0 Å². The number of aromatic amines is 1. The van der Waals surface area contributed by atoms with E-state index in [0.717, 1.165) is 11.1 Å². The topological polar surface area (TPSA) is 163 Å². The number of rotatable bonds is 12. The number of nitrogens with zero attached hydrogens (tertiary/aromatic N) is 3. The predicted molar refractivity (Wildman–Crippen MR) is 126 cm³/mol. The number of nitrogens with two attached hydrogens (primary N) is 1. The van der Waals surface area contributed by atoms with Crippen molar-refractivity contribution in [1.82, 2.24) is 24.6 Å². The second-order valence-corrected chi connectivity index (χ2v) is 8.74. The van der Waals surface area contributed by atoms with Gasteiger partial charge in [-0.15, -0.1) is 0 Å². The zero-order valence-electron chi connectivity index (χ0n) is 19.2. The first-order valence-electron chi connectivity index (χ1n) is 10.7. The van der Waals surface area contributed by atoms with Crippen molar-refractivity contribution < 1.29 is 23.6 Å². The molecule has 1 aromatic carbocycles. The standard InChI is InChI=1S/C21H27N6O6P/c1-4-32-19(28)13(2)26-34(30)12-15-7-5-6-14(10-15)11-27-18-16(23-21(27)29)17(22)24-20(25-18)33-9-8-31-3/h5-7,10,13H,4,8-9,11-12H2,1-3H3,(H3-,22,23,24,25,26,29,30)/p+1. The van der Waals surface area contributed by atoms with Crippen molar-refractivity contribution in [3.05, 3.63) is 45.9 Å². The summed E-state index contributed by atoms with van der Waals surface area (Å²) in [7, 11) is -0.343. The van der Waals surface area contributed by atoms with Gasteiger partial charge in [-0.1, -0.05) is 23.3 Å². The van der Waals surface area contributed by atoms with Crippen LogP contribution in [0.25, 0.3) is 11.2 Å². The zero-order chi connectivity index (χ0) is 24.7. The van der Waals surface area contributed by atoms with E-state index in [1.54, 1.807) is 21.0 Å². The van der Waals surface area contributed by atoms with Crippen LogP contribution in [0.15, 0.2) is 29.1 Å². The van der Waals surface area contributed by atoms with Crippen LogP contribution < -0.4 is 21.2 Å². The van der Waals surface area contributed by atoms with Crippen LogP contribution in [0.3, 0.4) is 0 Å². The highest BCUT2D eigenvalue weighted by molar-refractivity contribution is 7.41. The molecule has 2 heterocycles. The first-order valence-corrected chi connectivity index (χ1v) is 12.1. The molecule has 0 fully saturated rings. The Hall–Kier alpha value is -3.34. The molecule has 0 aliphatic heterocycles. The molecule has 13 heteroatoms. The number of carbonyl (C=O) groups is 1. The first-order chi connectivity index (χ1) is 16.3. The molecule has 0 amide bonds. The van der Waals surface area contributed by atoms with Gasteiger partial charge in [-0.3, -0.25) is 9.36 Å². The molecule has 3 rings (SSSR count). The number of esters is 1. The van der Waals surface area contributed by atoms with Gasteiger partial charge in [0.25, 0.3) is 0 Å². The van der Waals surface area contributed by atoms with E-state index >= 15 is 0 Å². The van der Waals surface area contributed by atoms with Crippen molar-refractivity contribution in [3.8, 4) is 6.01 Å². The Kier molecular flexibility index (Phi) is 8.69. The zero-order valence-corrected chi connectivity index (χ0v) is 20.1. The molecule has 4 N–H and O–H groups in total. The van der Waals surface area contributed by atoms with Crippen LogP contribution in [-0.2, 0) is 31.5 Å². The average molecular weight is 491 g/mol. The minimum atomic E-state index is -1.89. The summed E-state index contributed by atoms with van der Waals surface area (Å²) in [5.74, 6) is -0.356. The maximum Gasteiger partial charge on any atom is 0.437 e. The number of benzene rings is 1. The third-order valence-electron chi connectivity index (χ3n) is 4.78. The molecule has 2 atom stereocenters. The van der Waals surface area contributed by atoms with Gasteiger partial charge in [0, 0.05) is 12.7 Å². The summed E-state index contributed by atoms with van der Waals surface area (Å²) in [6, 6.07) is 6.69. The number of aromatic nitrogens is 4. The minimum Gasteiger partial charge on any atom is -0.465 e. The fourth-order valence-corrected chi connectivity index (χ4v) is 4.37. The van der Waals surface area contributed by atoms with E-state index in [9.17, 15) is 14.2 Å². The molecule has 2 unspecified atom stereocenters. The van der Waals surface area contributed by atoms with Crippen molar-refractivity contribution in [3.63, 3.8) is 0 Å². The first kappa shape index (κ1) is 25.3. The Morgan fingerprint density at radius 1 is 1.29 bits per heavy atom. The number of hydrogen-bond acceptors (Lipinski definition) is 9. The molecule has 3 aromatic rings. The van der Waals surface area contributed by atoms with Gasteiger partial charge in [-0.05, 0) is 30.0 Å². The summed E-state index contributed by atoms with van der Waals surface area (Å²) in [6.45, 7) is 4.36. The smallest absolute Gasteiger partial charge is 0.437 e. The molecule has 0 saturated heterocycles. The molecule has 34 heavy (non-hydrogen) atoms. The van der Waals surface area contributed by atoms with Crippen molar-refractivity contribution in [1.29, 1.82) is 0 Å². The summed E-state index contributed by atoms with van der Waals surface area (Å²) < 4.78 is 29.2. The van der Waals surface area contributed by atoms with Crippen LogP contribution in [0.4, 0.5) is 5.82 Å². The molecule has 0 saturated carbocycles. The Bertz CT molecular complexity index is 1230. The SMILES string of the molecule is CCOC(=O)C(C)N[P+](=O)Cc1cccc(Cn2c(=O)[nH]c3c(N)nc(OCCOC)nc32)c1. The van der Waals surface area contributed by atoms with Gasteiger partial charge in [-0.25, -0.2) is 4.79 Å². The van der Waals surface area contributed by atoms with E-state index in [1.807, 2.05) is 24.3 Å². The maximum atomic E-state index is 12.6. The number of H-pyrrole nitrogens is 1. The Balaban J connectivity index is 1.77. The van der Waals surface area contributed by atoms with Crippen LogP contribution in [-0.4, -0.2) is 58.5 Å². The minimum absolute atomic E-state index is 0.0438. The number of methoxy groups -OCH3 is 1. The predicted octanol–water partition coefficient (Wildman–Crippen LogP) is 1.56. The second-order valence-electron chi connectivity index (χ2n) is 7.41. The van der Waals surface area contributed by atoms with Crippen LogP contribution in [0.5, 0.6) is 6.01 Å². The molecule has 0 radical (unpaired) electrons. The third kappa shape index (κ3) is 6.37. The summed E-state index contributed by atoms with van der Waals surface area (Å²) in [4.78, 5) is 35.4. The molecule has 182 valence electrons. The molecule has 0 bridgehead atoms. The number of nitrogen functional groups attached to an aromatic ring is 1. The van der Waals surface area contributed by atoms with Crippen LogP contribution >= 0.6 is 7.95 Å². The Labute approximate surface area is 196 Å². The van der Waals surface area contributed by atoms with Crippen molar-refractivity contribution in [2.24, 2.45) is 0 Å². The van der Waals surface area contributed by atoms with Gasteiger partial charge in [0.15, 0.2) is 17.6 Å². The number of fused-ring (bicyclic) bond motifs is 1. The lowest BCUT2D eigenvalue weighted by Crippen LogP contribution is -2.31. The summed E-state index contributed by atoms with van der Waals surface area (Å²) >= 11 is 0. The molecule has 0 aliphatic carbocycles. The van der Waals surface area contributed by atoms with Gasteiger partial charge in [-0.2, -0.15) is 9.97 Å². The van der Waals surface area contributed by atoms with Crippen molar-refractivity contribution in [2.75, 3.05) is 32.7 Å². The van der Waals surface area contributed by atoms with E-state index < -0.39 is 25.7 Å². The second kappa shape index (κ2) is 11.7. The molecule has 2 aromatic heterocycles. The summed E-state index contributed by atoms with van der Waals surface area (Å²) in [6.07, 6.45) is 0.211.